The minimum atomic E-state index is -0.0223. The molecule has 160 valence electrons. The van der Waals surface area contributed by atoms with E-state index in [1.54, 1.807) is 0 Å². The summed E-state index contributed by atoms with van der Waals surface area (Å²) in [5.74, 6) is 5.86. The van der Waals surface area contributed by atoms with Gasteiger partial charge in [0.05, 0.1) is 6.10 Å². The Balaban J connectivity index is 1.47. The van der Waals surface area contributed by atoms with Crippen molar-refractivity contribution in [1.82, 2.24) is 0 Å². The van der Waals surface area contributed by atoms with Crippen molar-refractivity contribution in [2.75, 3.05) is 0 Å². The SMILES string of the molecule is CC(C)CCCC(C)C1C=CC2C3CCC4CC(O)CCC4(C)C3CCC12C. The number of rotatable bonds is 5. The van der Waals surface area contributed by atoms with Gasteiger partial charge in [-0.1, -0.05) is 66.0 Å². The van der Waals surface area contributed by atoms with Crippen molar-refractivity contribution in [3.8, 4) is 0 Å². The van der Waals surface area contributed by atoms with Gasteiger partial charge in [-0.3, -0.25) is 0 Å². The second-order valence-electron chi connectivity index (χ2n) is 12.3. The number of aliphatic hydroxyl groups is 1. The maximum Gasteiger partial charge on any atom is 0.0543 e. The van der Waals surface area contributed by atoms with Crippen molar-refractivity contribution in [3.63, 3.8) is 0 Å². The smallest absolute Gasteiger partial charge is 0.0543 e. The Labute approximate surface area is 174 Å². The third-order valence-corrected chi connectivity index (χ3v) is 10.3. The summed E-state index contributed by atoms with van der Waals surface area (Å²) in [5, 5.41) is 10.2. The van der Waals surface area contributed by atoms with Crippen molar-refractivity contribution < 1.29 is 5.11 Å². The molecule has 3 fully saturated rings. The fourth-order valence-electron chi connectivity index (χ4n) is 8.59. The standard InChI is InChI=1S/C27H46O/c1-18(2)7-6-8-19(3)23-11-12-24-22-10-9-20-17-21(28)13-15-26(20,4)25(22)14-16-27(23,24)5/h11-12,18-25,28H,6-10,13-17H2,1-5H3. The molecular weight excluding hydrogens is 340 g/mol. The highest BCUT2D eigenvalue weighted by molar-refractivity contribution is 5.19. The molecule has 0 heterocycles. The summed E-state index contributed by atoms with van der Waals surface area (Å²) >= 11 is 0. The van der Waals surface area contributed by atoms with E-state index in [0.29, 0.717) is 10.8 Å². The Kier molecular flexibility index (Phi) is 5.80. The van der Waals surface area contributed by atoms with Crippen molar-refractivity contribution >= 4 is 0 Å². The van der Waals surface area contributed by atoms with Crippen LogP contribution in [-0.4, -0.2) is 11.2 Å². The number of aliphatic hydroxyl groups excluding tert-OH is 1. The first-order valence-electron chi connectivity index (χ1n) is 12.6. The van der Waals surface area contributed by atoms with Crippen LogP contribution in [0, 0.1) is 52.3 Å². The fraction of sp³-hybridized carbons (Fsp3) is 0.926. The van der Waals surface area contributed by atoms with E-state index in [2.05, 4.69) is 46.8 Å². The van der Waals surface area contributed by atoms with Crippen LogP contribution in [0.25, 0.3) is 0 Å². The van der Waals surface area contributed by atoms with Gasteiger partial charge in [-0.2, -0.15) is 0 Å². The van der Waals surface area contributed by atoms with E-state index in [-0.39, 0.29) is 6.10 Å². The Hall–Kier alpha value is -0.300. The van der Waals surface area contributed by atoms with Crippen molar-refractivity contribution in [3.05, 3.63) is 12.2 Å². The van der Waals surface area contributed by atoms with Crippen LogP contribution in [0.5, 0.6) is 0 Å². The van der Waals surface area contributed by atoms with E-state index in [4.69, 9.17) is 0 Å². The van der Waals surface area contributed by atoms with Gasteiger partial charge in [-0.05, 0) is 97.2 Å². The van der Waals surface area contributed by atoms with Crippen LogP contribution >= 0.6 is 0 Å². The van der Waals surface area contributed by atoms with Gasteiger partial charge in [-0.25, -0.2) is 0 Å². The molecule has 0 aromatic heterocycles. The number of hydrogen-bond acceptors (Lipinski definition) is 1. The summed E-state index contributed by atoms with van der Waals surface area (Å²) in [5.41, 5.74) is 1.01. The van der Waals surface area contributed by atoms with E-state index in [1.165, 1.54) is 51.4 Å². The van der Waals surface area contributed by atoms with Gasteiger partial charge in [0.25, 0.3) is 0 Å². The summed E-state index contributed by atoms with van der Waals surface area (Å²) in [6, 6.07) is 0. The maximum atomic E-state index is 10.2. The molecule has 4 aliphatic carbocycles. The first-order valence-corrected chi connectivity index (χ1v) is 12.6. The maximum absolute atomic E-state index is 10.2. The molecule has 3 saturated carbocycles. The highest BCUT2D eigenvalue weighted by atomic mass is 16.3. The van der Waals surface area contributed by atoms with Crippen LogP contribution in [0.4, 0.5) is 0 Å². The molecule has 28 heavy (non-hydrogen) atoms. The van der Waals surface area contributed by atoms with E-state index < -0.39 is 0 Å². The molecule has 0 bridgehead atoms. The highest BCUT2D eigenvalue weighted by Gasteiger charge is 2.59. The molecule has 4 aliphatic rings. The monoisotopic (exact) mass is 386 g/mol. The molecule has 0 amide bonds. The Bertz CT molecular complexity index is 579. The lowest BCUT2D eigenvalue weighted by molar-refractivity contribution is -0.123. The van der Waals surface area contributed by atoms with Gasteiger partial charge < -0.3 is 5.11 Å². The molecule has 0 aromatic rings. The Morgan fingerprint density at radius 3 is 2.43 bits per heavy atom. The van der Waals surface area contributed by atoms with Crippen LogP contribution in [0.15, 0.2) is 12.2 Å². The molecule has 1 N–H and O–H groups in total. The van der Waals surface area contributed by atoms with Gasteiger partial charge in [0.2, 0.25) is 0 Å². The summed E-state index contributed by atoms with van der Waals surface area (Å²) in [4.78, 5) is 0. The molecule has 0 aromatic carbocycles. The van der Waals surface area contributed by atoms with Crippen molar-refractivity contribution in [2.24, 2.45) is 52.3 Å². The number of fused-ring (bicyclic) bond motifs is 5. The lowest BCUT2D eigenvalue weighted by Crippen LogP contribution is -2.54. The van der Waals surface area contributed by atoms with Gasteiger partial charge >= 0.3 is 0 Å². The third kappa shape index (κ3) is 3.42. The molecule has 1 heteroatoms. The zero-order chi connectivity index (χ0) is 20.1. The van der Waals surface area contributed by atoms with Crippen LogP contribution in [-0.2, 0) is 0 Å². The molecule has 0 aliphatic heterocycles. The summed E-state index contributed by atoms with van der Waals surface area (Å²) in [6.45, 7) is 12.5. The van der Waals surface area contributed by atoms with E-state index in [0.717, 1.165) is 54.3 Å². The average Bonchev–Trinajstić information content (AvgIpc) is 2.99. The lowest BCUT2D eigenvalue weighted by atomic mass is 9.44. The van der Waals surface area contributed by atoms with Crippen LogP contribution in [0.3, 0.4) is 0 Å². The number of allylic oxidation sites excluding steroid dienone is 2. The zero-order valence-corrected chi connectivity index (χ0v) is 19.3. The average molecular weight is 387 g/mol. The fourth-order valence-corrected chi connectivity index (χ4v) is 8.59. The molecule has 0 radical (unpaired) electrons. The van der Waals surface area contributed by atoms with E-state index in [1.807, 2.05) is 0 Å². The van der Waals surface area contributed by atoms with Gasteiger partial charge in [0.1, 0.15) is 0 Å². The molecule has 0 saturated heterocycles. The zero-order valence-electron chi connectivity index (χ0n) is 19.3. The third-order valence-electron chi connectivity index (χ3n) is 10.3. The summed E-state index contributed by atoms with van der Waals surface area (Å²) in [7, 11) is 0. The van der Waals surface area contributed by atoms with Gasteiger partial charge in [0.15, 0.2) is 0 Å². The van der Waals surface area contributed by atoms with Crippen LogP contribution in [0.1, 0.15) is 98.8 Å². The molecule has 9 atom stereocenters. The Morgan fingerprint density at radius 2 is 1.68 bits per heavy atom. The minimum absolute atomic E-state index is 0.0223. The van der Waals surface area contributed by atoms with Crippen molar-refractivity contribution in [2.45, 2.75) is 105 Å². The second kappa shape index (κ2) is 7.75. The largest absolute Gasteiger partial charge is 0.393 e. The molecule has 9 unspecified atom stereocenters. The predicted molar refractivity (Wildman–Crippen MR) is 119 cm³/mol. The highest BCUT2D eigenvalue weighted by Crippen LogP contribution is 2.66. The second-order valence-corrected chi connectivity index (χ2v) is 12.3. The molecule has 4 rings (SSSR count). The van der Waals surface area contributed by atoms with Gasteiger partial charge in [-0.15, -0.1) is 0 Å². The topological polar surface area (TPSA) is 20.2 Å². The Morgan fingerprint density at radius 1 is 0.929 bits per heavy atom. The number of hydrogen-bond donors (Lipinski definition) is 1. The predicted octanol–water partition coefficient (Wildman–Crippen LogP) is 7.24. The van der Waals surface area contributed by atoms with E-state index >= 15 is 0 Å². The van der Waals surface area contributed by atoms with Gasteiger partial charge in [0, 0.05) is 0 Å². The normalized spacial score (nSPS) is 48.8. The van der Waals surface area contributed by atoms with Crippen molar-refractivity contribution in [1.29, 1.82) is 0 Å². The first-order chi connectivity index (χ1) is 13.3. The molecular formula is C27H46O. The minimum Gasteiger partial charge on any atom is -0.393 e. The summed E-state index contributed by atoms with van der Waals surface area (Å²) < 4.78 is 0. The van der Waals surface area contributed by atoms with Crippen LogP contribution in [0.2, 0.25) is 0 Å². The molecule has 0 spiro atoms. The molecule has 1 nitrogen and oxygen atoms in total. The lowest BCUT2D eigenvalue weighted by Gasteiger charge is -2.61. The quantitative estimate of drug-likeness (QED) is 0.493. The first kappa shape index (κ1) is 21.0. The summed E-state index contributed by atoms with van der Waals surface area (Å²) in [6.07, 6.45) is 18.5. The van der Waals surface area contributed by atoms with Crippen LogP contribution < -0.4 is 0 Å². The van der Waals surface area contributed by atoms with E-state index in [9.17, 15) is 5.11 Å².